The van der Waals surface area contributed by atoms with Crippen LogP contribution in [0.4, 0.5) is 5.69 Å². The summed E-state index contributed by atoms with van der Waals surface area (Å²) in [5.74, 6) is 0. The molecule has 0 atom stereocenters. The molecule has 2 heterocycles. The van der Waals surface area contributed by atoms with Gasteiger partial charge in [0.25, 0.3) is 0 Å². The van der Waals surface area contributed by atoms with Crippen molar-refractivity contribution in [2.24, 2.45) is 7.05 Å². The molecule has 2 rings (SSSR count). The first kappa shape index (κ1) is 12.6. The van der Waals surface area contributed by atoms with E-state index < -0.39 is 0 Å². The standard InChI is InChI=1S/C13H19N5/c1-14-7-12-8-15-5-4-13(12)17(2)9-11-6-16-18(3)10-11/h4-6,8,10,14H,7,9H2,1-3H3. The fourth-order valence-electron chi connectivity index (χ4n) is 2.03. The topological polar surface area (TPSA) is 46.0 Å². The van der Waals surface area contributed by atoms with Gasteiger partial charge in [0.15, 0.2) is 0 Å². The summed E-state index contributed by atoms with van der Waals surface area (Å²) in [4.78, 5) is 6.39. The molecular formula is C13H19N5. The molecule has 0 aliphatic rings. The van der Waals surface area contributed by atoms with E-state index in [1.807, 2.05) is 49.6 Å². The van der Waals surface area contributed by atoms with Crippen molar-refractivity contribution in [2.45, 2.75) is 13.1 Å². The van der Waals surface area contributed by atoms with E-state index in [0.717, 1.165) is 13.1 Å². The predicted molar refractivity (Wildman–Crippen MR) is 72.3 cm³/mol. The highest BCUT2D eigenvalue weighted by atomic mass is 15.2. The Morgan fingerprint density at radius 1 is 1.39 bits per heavy atom. The van der Waals surface area contributed by atoms with E-state index in [4.69, 9.17) is 0 Å². The Bertz CT molecular complexity index is 506. The summed E-state index contributed by atoms with van der Waals surface area (Å²) in [7, 11) is 5.96. The monoisotopic (exact) mass is 245 g/mol. The molecule has 18 heavy (non-hydrogen) atoms. The van der Waals surface area contributed by atoms with Crippen LogP contribution in [0.1, 0.15) is 11.1 Å². The molecule has 0 fully saturated rings. The third kappa shape index (κ3) is 2.87. The van der Waals surface area contributed by atoms with Gasteiger partial charge in [-0.1, -0.05) is 0 Å². The van der Waals surface area contributed by atoms with Crippen LogP contribution in [0.25, 0.3) is 0 Å². The van der Waals surface area contributed by atoms with Gasteiger partial charge >= 0.3 is 0 Å². The van der Waals surface area contributed by atoms with Gasteiger partial charge in [0, 0.05) is 62.6 Å². The highest BCUT2D eigenvalue weighted by molar-refractivity contribution is 5.51. The molecule has 0 unspecified atom stereocenters. The summed E-state index contributed by atoms with van der Waals surface area (Å²) in [5.41, 5.74) is 3.60. The molecule has 1 N–H and O–H groups in total. The third-order valence-corrected chi connectivity index (χ3v) is 2.83. The van der Waals surface area contributed by atoms with Crippen LogP contribution in [-0.4, -0.2) is 28.9 Å². The Labute approximate surface area is 107 Å². The van der Waals surface area contributed by atoms with E-state index in [1.54, 1.807) is 0 Å². The molecule has 0 saturated heterocycles. The maximum Gasteiger partial charge on any atom is 0.0539 e. The van der Waals surface area contributed by atoms with E-state index in [9.17, 15) is 0 Å². The minimum absolute atomic E-state index is 0.820. The van der Waals surface area contributed by atoms with Crippen molar-refractivity contribution in [3.8, 4) is 0 Å². The number of anilines is 1. The molecule has 0 saturated carbocycles. The Balaban J connectivity index is 2.15. The lowest BCUT2D eigenvalue weighted by atomic mass is 10.2. The maximum atomic E-state index is 4.19. The number of hydrogen-bond acceptors (Lipinski definition) is 4. The maximum absolute atomic E-state index is 4.19. The predicted octanol–water partition coefficient (Wildman–Crippen LogP) is 1.17. The molecule has 0 aliphatic heterocycles. The van der Waals surface area contributed by atoms with Gasteiger partial charge in [-0.05, 0) is 13.1 Å². The van der Waals surface area contributed by atoms with Gasteiger partial charge in [0.05, 0.1) is 6.20 Å². The van der Waals surface area contributed by atoms with E-state index in [2.05, 4.69) is 27.3 Å². The largest absolute Gasteiger partial charge is 0.370 e. The molecule has 0 amide bonds. The minimum Gasteiger partial charge on any atom is -0.370 e. The van der Waals surface area contributed by atoms with Gasteiger partial charge in [0.2, 0.25) is 0 Å². The van der Waals surface area contributed by atoms with Crippen LogP contribution in [0, 0.1) is 0 Å². The van der Waals surface area contributed by atoms with Gasteiger partial charge in [-0.25, -0.2) is 0 Å². The number of nitrogens with zero attached hydrogens (tertiary/aromatic N) is 4. The summed E-state index contributed by atoms with van der Waals surface area (Å²) in [6, 6.07) is 2.04. The fourth-order valence-corrected chi connectivity index (χ4v) is 2.03. The van der Waals surface area contributed by atoms with Crippen molar-refractivity contribution in [3.05, 3.63) is 42.0 Å². The van der Waals surface area contributed by atoms with Gasteiger partial charge in [-0.15, -0.1) is 0 Å². The second-order valence-electron chi connectivity index (χ2n) is 4.41. The smallest absolute Gasteiger partial charge is 0.0539 e. The molecule has 0 spiro atoms. The van der Waals surface area contributed by atoms with Crippen LogP contribution in [0.2, 0.25) is 0 Å². The first-order valence-electron chi connectivity index (χ1n) is 5.97. The normalized spacial score (nSPS) is 10.6. The Morgan fingerprint density at radius 2 is 2.22 bits per heavy atom. The first-order valence-corrected chi connectivity index (χ1v) is 5.97. The van der Waals surface area contributed by atoms with Crippen LogP contribution in [0.15, 0.2) is 30.9 Å². The average Bonchev–Trinajstić information content (AvgIpc) is 2.76. The molecule has 2 aromatic rings. The van der Waals surface area contributed by atoms with Crippen molar-refractivity contribution < 1.29 is 0 Å². The summed E-state index contributed by atoms with van der Waals surface area (Å²) in [6.45, 7) is 1.66. The Kier molecular flexibility index (Phi) is 3.94. The van der Waals surface area contributed by atoms with E-state index >= 15 is 0 Å². The van der Waals surface area contributed by atoms with Gasteiger partial charge in [-0.2, -0.15) is 5.10 Å². The lowest BCUT2D eigenvalue weighted by Crippen LogP contribution is -2.19. The SMILES string of the molecule is CNCc1cnccc1N(C)Cc1cnn(C)c1. The highest BCUT2D eigenvalue weighted by Crippen LogP contribution is 2.19. The highest BCUT2D eigenvalue weighted by Gasteiger charge is 2.08. The van der Waals surface area contributed by atoms with E-state index in [1.165, 1.54) is 16.8 Å². The number of rotatable bonds is 5. The molecule has 96 valence electrons. The van der Waals surface area contributed by atoms with Crippen molar-refractivity contribution in [3.63, 3.8) is 0 Å². The molecule has 2 aromatic heterocycles. The van der Waals surface area contributed by atoms with Crippen LogP contribution < -0.4 is 10.2 Å². The number of aryl methyl sites for hydroxylation is 1. The van der Waals surface area contributed by atoms with Crippen molar-refractivity contribution in [1.29, 1.82) is 0 Å². The second-order valence-corrected chi connectivity index (χ2v) is 4.41. The van der Waals surface area contributed by atoms with E-state index in [-0.39, 0.29) is 0 Å². The van der Waals surface area contributed by atoms with Crippen LogP contribution in [0.3, 0.4) is 0 Å². The average molecular weight is 245 g/mol. The zero-order valence-corrected chi connectivity index (χ0v) is 11.1. The molecule has 0 aromatic carbocycles. The summed E-state index contributed by atoms with van der Waals surface area (Å²) >= 11 is 0. The third-order valence-electron chi connectivity index (χ3n) is 2.83. The first-order chi connectivity index (χ1) is 8.70. The lowest BCUT2D eigenvalue weighted by molar-refractivity contribution is 0.766. The van der Waals surface area contributed by atoms with Gasteiger partial charge in [-0.3, -0.25) is 9.67 Å². The molecule has 0 bridgehead atoms. The number of pyridine rings is 1. The summed E-state index contributed by atoms with van der Waals surface area (Å²) < 4.78 is 1.82. The number of aromatic nitrogens is 3. The van der Waals surface area contributed by atoms with Gasteiger partial charge in [0.1, 0.15) is 0 Å². The number of nitrogens with one attached hydrogen (secondary N) is 1. The fraction of sp³-hybridized carbons (Fsp3) is 0.385. The summed E-state index contributed by atoms with van der Waals surface area (Å²) in [6.07, 6.45) is 7.67. The second kappa shape index (κ2) is 5.64. The number of hydrogen-bond donors (Lipinski definition) is 1. The zero-order chi connectivity index (χ0) is 13.0. The van der Waals surface area contributed by atoms with E-state index in [0.29, 0.717) is 0 Å². The summed E-state index contributed by atoms with van der Waals surface area (Å²) in [5, 5.41) is 7.35. The molecular weight excluding hydrogens is 226 g/mol. The molecule has 5 nitrogen and oxygen atoms in total. The lowest BCUT2D eigenvalue weighted by Gasteiger charge is -2.21. The van der Waals surface area contributed by atoms with Crippen LogP contribution in [0.5, 0.6) is 0 Å². The Hall–Kier alpha value is -1.88. The Morgan fingerprint density at radius 3 is 2.89 bits per heavy atom. The quantitative estimate of drug-likeness (QED) is 0.859. The zero-order valence-electron chi connectivity index (χ0n) is 11.1. The minimum atomic E-state index is 0.820. The molecule has 5 heteroatoms. The van der Waals surface area contributed by atoms with Crippen molar-refractivity contribution in [1.82, 2.24) is 20.1 Å². The van der Waals surface area contributed by atoms with Crippen molar-refractivity contribution >= 4 is 5.69 Å². The molecule has 0 radical (unpaired) electrons. The van der Waals surface area contributed by atoms with Crippen LogP contribution >= 0.6 is 0 Å². The van der Waals surface area contributed by atoms with Crippen LogP contribution in [-0.2, 0) is 20.1 Å². The van der Waals surface area contributed by atoms with Gasteiger partial charge < -0.3 is 10.2 Å². The molecule has 0 aliphatic carbocycles. The van der Waals surface area contributed by atoms with Crippen molar-refractivity contribution in [2.75, 3.05) is 19.0 Å².